The van der Waals surface area contributed by atoms with Gasteiger partial charge >= 0.3 is 12.2 Å². The number of hydrogen-bond donors (Lipinski definition) is 0. The van der Waals surface area contributed by atoms with Gasteiger partial charge in [-0.1, -0.05) is 43.7 Å². The highest BCUT2D eigenvalue weighted by Crippen LogP contribution is 2.38. The normalized spacial score (nSPS) is 11.8. The Morgan fingerprint density at radius 2 is 1.36 bits per heavy atom. The highest BCUT2D eigenvalue weighted by Gasteiger charge is 2.39. The third-order valence-electron chi connectivity index (χ3n) is 4.84. The minimum atomic E-state index is -4.80. The van der Waals surface area contributed by atoms with Crippen molar-refractivity contribution in [3.8, 4) is 22.6 Å². The molecule has 192 valence electrons. The molecule has 3 aromatic carbocycles. The Hall–Kier alpha value is -3.63. The molecule has 0 saturated carbocycles. The molecule has 0 N–H and O–H groups in total. The summed E-state index contributed by atoms with van der Waals surface area (Å²) >= 11 is 0. The Morgan fingerprint density at radius 3 is 1.89 bits per heavy atom. The van der Waals surface area contributed by atoms with Gasteiger partial charge in [0.25, 0.3) is 6.08 Å². The number of aryl methyl sites for hydroxylation is 1. The maximum atomic E-state index is 14.6. The van der Waals surface area contributed by atoms with Gasteiger partial charge < -0.3 is 9.47 Å². The molecule has 0 aliphatic heterocycles. The van der Waals surface area contributed by atoms with E-state index in [1.807, 2.05) is 19.1 Å². The van der Waals surface area contributed by atoms with Crippen LogP contribution < -0.4 is 9.47 Å². The summed E-state index contributed by atoms with van der Waals surface area (Å²) in [5.74, 6) is -8.29. The Labute approximate surface area is 199 Å². The van der Waals surface area contributed by atoms with Crippen molar-refractivity contribution < 1.29 is 49.0 Å². The SMILES string of the molecule is CCCc1ccc(-c2ccc(C(F)(F)Oc3cc(F)c(OC(F)(F)C=C(F)F)c(F)c3)c(F)c2)cc1. The molecule has 0 aliphatic rings. The molecule has 0 radical (unpaired) electrons. The molecule has 3 aromatic rings. The standard InChI is InChI=1S/C25H17F9O2/c1-2-3-14-4-6-15(7-5-14)16-8-9-18(19(26)10-16)25(33,34)35-17-11-20(27)23(21(28)12-17)36-24(31,32)13-22(29)30/h4-13H,2-3H2,1H3. The zero-order valence-electron chi connectivity index (χ0n) is 18.4. The molecule has 0 spiro atoms. The van der Waals surface area contributed by atoms with E-state index >= 15 is 0 Å². The van der Waals surface area contributed by atoms with Crippen LogP contribution in [0.25, 0.3) is 11.1 Å². The summed E-state index contributed by atoms with van der Waals surface area (Å²) in [6, 6.07) is 9.91. The Balaban J connectivity index is 1.83. The summed E-state index contributed by atoms with van der Waals surface area (Å²) in [5.41, 5.74) is 0.631. The lowest BCUT2D eigenvalue weighted by molar-refractivity contribution is -0.187. The smallest absolute Gasteiger partial charge is 0.429 e. The van der Waals surface area contributed by atoms with Crippen molar-refractivity contribution in [3.05, 3.63) is 95.3 Å². The fourth-order valence-corrected chi connectivity index (χ4v) is 3.27. The predicted octanol–water partition coefficient (Wildman–Crippen LogP) is 8.60. The molecule has 36 heavy (non-hydrogen) atoms. The van der Waals surface area contributed by atoms with Gasteiger partial charge in [-0.25, -0.2) is 13.2 Å². The van der Waals surface area contributed by atoms with Crippen molar-refractivity contribution >= 4 is 0 Å². The van der Waals surface area contributed by atoms with Gasteiger partial charge in [0, 0.05) is 12.1 Å². The summed E-state index contributed by atoms with van der Waals surface area (Å²) in [5, 5.41) is 0. The highest BCUT2D eigenvalue weighted by atomic mass is 19.3. The first-order chi connectivity index (χ1) is 16.8. The van der Waals surface area contributed by atoms with Gasteiger partial charge in [-0.05, 0) is 35.2 Å². The fraction of sp³-hybridized carbons (Fsp3) is 0.200. The van der Waals surface area contributed by atoms with Gasteiger partial charge in [-0.15, -0.1) is 0 Å². The molecule has 11 heteroatoms. The summed E-state index contributed by atoms with van der Waals surface area (Å²) in [6.45, 7) is 2.00. The number of ether oxygens (including phenoxy) is 2. The second kappa shape index (κ2) is 10.5. The first-order valence-corrected chi connectivity index (χ1v) is 10.4. The Bertz CT molecular complexity index is 1230. The summed E-state index contributed by atoms with van der Waals surface area (Å²) in [7, 11) is 0. The van der Waals surface area contributed by atoms with E-state index in [9.17, 15) is 39.5 Å². The Morgan fingerprint density at radius 1 is 0.778 bits per heavy atom. The van der Waals surface area contributed by atoms with Gasteiger partial charge in [0.1, 0.15) is 11.6 Å². The van der Waals surface area contributed by atoms with Gasteiger partial charge in [0.15, 0.2) is 17.4 Å². The topological polar surface area (TPSA) is 18.5 Å². The van der Waals surface area contributed by atoms with E-state index in [2.05, 4.69) is 9.47 Å². The number of hydrogen-bond acceptors (Lipinski definition) is 2. The minimum absolute atomic E-state index is 0.0576. The molecule has 0 atom stereocenters. The molecule has 0 heterocycles. The average Bonchev–Trinajstić information content (AvgIpc) is 2.75. The van der Waals surface area contributed by atoms with E-state index in [0.29, 0.717) is 5.56 Å². The summed E-state index contributed by atoms with van der Waals surface area (Å²) < 4.78 is 130. The number of halogens is 9. The van der Waals surface area contributed by atoms with Crippen molar-refractivity contribution in [1.29, 1.82) is 0 Å². The lowest BCUT2D eigenvalue weighted by Crippen LogP contribution is -2.25. The van der Waals surface area contributed by atoms with Crippen LogP contribution in [0.5, 0.6) is 11.5 Å². The molecule has 3 rings (SSSR count). The fourth-order valence-electron chi connectivity index (χ4n) is 3.27. The van der Waals surface area contributed by atoms with Crippen LogP contribution in [-0.4, -0.2) is 6.11 Å². The average molecular weight is 520 g/mol. The van der Waals surface area contributed by atoms with Crippen molar-refractivity contribution in [3.63, 3.8) is 0 Å². The lowest BCUT2D eigenvalue weighted by Gasteiger charge is -2.20. The second-order valence-electron chi connectivity index (χ2n) is 7.57. The van der Waals surface area contributed by atoms with Crippen LogP contribution in [0.4, 0.5) is 39.5 Å². The van der Waals surface area contributed by atoms with Crippen LogP contribution in [0.3, 0.4) is 0 Å². The summed E-state index contributed by atoms with van der Waals surface area (Å²) in [6.07, 6.45) is -11.4. The first kappa shape index (κ1) is 27.0. The minimum Gasteiger partial charge on any atom is -0.429 e. The third kappa shape index (κ3) is 6.52. The van der Waals surface area contributed by atoms with Crippen LogP contribution in [0, 0.1) is 17.5 Å². The maximum Gasteiger partial charge on any atom is 0.429 e. The summed E-state index contributed by atoms with van der Waals surface area (Å²) in [4.78, 5) is 0. The zero-order chi connectivity index (χ0) is 26.7. The first-order valence-electron chi connectivity index (χ1n) is 10.4. The third-order valence-corrected chi connectivity index (χ3v) is 4.84. The molecule has 0 aromatic heterocycles. The molecule has 2 nitrogen and oxygen atoms in total. The molecular weight excluding hydrogens is 503 g/mol. The van der Waals surface area contributed by atoms with Gasteiger partial charge in [-0.2, -0.15) is 26.3 Å². The van der Waals surface area contributed by atoms with Crippen molar-refractivity contribution in [2.45, 2.75) is 32.0 Å². The van der Waals surface area contributed by atoms with E-state index in [-0.39, 0.29) is 17.7 Å². The number of alkyl halides is 4. The van der Waals surface area contributed by atoms with Crippen LogP contribution in [-0.2, 0) is 12.5 Å². The number of rotatable bonds is 9. The molecule has 0 aliphatic carbocycles. The molecule has 0 saturated heterocycles. The van der Waals surface area contributed by atoms with Crippen molar-refractivity contribution in [1.82, 2.24) is 0 Å². The highest BCUT2D eigenvalue weighted by molar-refractivity contribution is 5.64. The monoisotopic (exact) mass is 520 g/mol. The van der Waals surface area contributed by atoms with E-state index in [0.717, 1.165) is 30.5 Å². The molecular formula is C25H17F9O2. The molecule has 0 unspecified atom stereocenters. The van der Waals surface area contributed by atoms with E-state index in [1.165, 1.54) is 6.07 Å². The van der Waals surface area contributed by atoms with Gasteiger partial charge in [0.05, 0.1) is 11.6 Å². The van der Waals surface area contributed by atoms with Crippen LogP contribution in [0.1, 0.15) is 24.5 Å². The lowest BCUT2D eigenvalue weighted by atomic mass is 10.0. The molecule has 0 amide bonds. The maximum absolute atomic E-state index is 14.6. The van der Waals surface area contributed by atoms with E-state index in [1.54, 1.807) is 12.1 Å². The van der Waals surface area contributed by atoms with Crippen molar-refractivity contribution in [2.75, 3.05) is 0 Å². The van der Waals surface area contributed by atoms with Gasteiger partial charge in [0.2, 0.25) is 0 Å². The van der Waals surface area contributed by atoms with Crippen LogP contribution >= 0.6 is 0 Å². The predicted molar refractivity (Wildman–Crippen MR) is 113 cm³/mol. The van der Waals surface area contributed by atoms with Crippen LogP contribution in [0.2, 0.25) is 0 Å². The van der Waals surface area contributed by atoms with E-state index in [4.69, 9.17) is 0 Å². The number of benzene rings is 3. The quantitative estimate of drug-likeness (QED) is 0.263. The van der Waals surface area contributed by atoms with Gasteiger partial charge in [-0.3, -0.25) is 0 Å². The molecule has 0 fully saturated rings. The zero-order valence-corrected chi connectivity index (χ0v) is 18.4. The largest absolute Gasteiger partial charge is 0.429 e. The molecule has 0 bridgehead atoms. The second-order valence-corrected chi connectivity index (χ2v) is 7.57. The van der Waals surface area contributed by atoms with E-state index < -0.39 is 58.9 Å². The van der Waals surface area contributed by atoms with Crippen molar-refractivity contribution in [2.24, 2.45) is 0 Å². The Kier molecular flexibility index (Phi) is 7.90. The van der Waals surface area contributed by atoms with Crippen LogP contribution in [0.15, 0.2) is 66.8 Å².